The molecule has 8 nitrogen and oxygen atoms in total. The van der Waals surface area contributed by atoms with Crippen molar-refractivity contribution in [2.75, 3.05) is 17.7 Å². The van der Waals surface area contributed by atoms with Gasteiger partial charge in [0.1, 0.15) is 11.6 Å². The molecule has 32 heavy (non-hydrogen) atoms. The fourth-order valence-corrected chi connectivity index (χ4v) is 4.20. The Labute approximate surface area is 188 Å². The van der Waals surface area contributed by atoms with Gasteiger partial charge >= 0.3 is 0 Å². The molecule has 1 unspecified atom stereocenters. The minimum Gasteiger partial charge on any atom is -0.497 e. The first-order valence-corrected chi connectivity index (χ1v) is 11.0. The number of thioether (sulfide) groups is 1. The maximum absolute atomic E-state index is 12.9. The zero-order valence-electron chi connectivity index (χ0n) is 17.6. The van der Waals surface area contributed by atoms with Crippen molar-refractivity contribution in [2.45, 2.75) is 30.2 Å². The van der Waals surface area contributed by atoms with E-state index in [0.717, 1.165) is 5.56 Å². The number of nitrogens with zero attached hydrogens (tertiary/aromatic N) is 1. The van der Waals surface area contributed by atoms with Crippen molar-refractivity contribution in [3.05, 3.63) is 75.6 Å². The second kappa shape index (κ2) is 9.27. The van der Waals surface area contributed by atoms with Crippen LogP contribution in [0.25, 0.3) is 0 Å². The largest absolute Gasteiger partial charge is 0.497 e. The van der Waals surface area contributed by atoms with Crippen LogP contribution in [0.4, 0.5) is 11.5 Å². The average molecular weight is 451 g/mol. The molecular formula is C23H22N4O4S. The Morgan fingerprint density at radius 3 is 2.56 bits per heavy atom. The molecule has 0 fully saturated rings. The normalized spacial score (nSPS) is 14.9. The summed E-state index contributed by atoms with van der Waals surface area (Å²) in [6.07, 6.45) is -0.129. The van der Waals surface area contributed by atoms with Gasteiger partial charge in [0, 0.05) is 17.9 Å². The highest BCUT2D eigenvalue weighted by Crippen LogP contribution is 2.31. The van der Waals surface area contributed by atoms with E-state index >= 15 is 0 Å². The smallest absolute Gasteiger partial charge is 0.257 e. The van der Waals surface area contributed by atoms with Crippen molar-refractivity contribution in [3.8, 4) is 5.75 Å². The number of anilines is 2. The molecular weight excluding hydrogens is 428 g/mol. The van der Waals surface area contributed by atoms with Crippen LogP contribution in [0, 0.1) is 6.92 Å². The van der Waals surface area contributed by atoms with Crippen molar-refractivity contribution in [1.82, 2.24) is 9.97 Å². The number of ether oxygens (including phenoxy) is 1. The van der Waals surface area contributed by atoms with Crippen LogP contribution in [0.15, 0.2) is 58.5 Å². The van der Waals surface area contributed by atoms with Crippen LogP contribution in [0.3, 0.4) is 0 Å². The van der Waals surface area contributed by atoms with Crippen molar-refractivity contribution in [1.29, 1.82) is 0 Å². The maximum atomic E-state index is 12.9. The second-order valence-corrected chi connectivity index (χ2v) is 8.39. The van der Waals surface area contributed by atoms with Crippen molar-refractivity contribution in [2.24, 2.45) is 0 Å². The minimum absolute atomic E-state index is 0.129. The van der Waals surface area contributed by atoms with Crippen molar-refractivity contribution >= 4 is 35.1 Å². The summed E-state index contributed by atoms with van der Waals surface area (Å²) in [5, 5.41) is 5.77. The van der Waals surface area contributed by atoms with E-state index in [9.17, 15) is 14.4 Å². The Bertz CT molecular complexity index is 1210. The summed E-state index contributed by atoms with van der Waals surface area (Å²) < 4.78 is 5.11. The third-order valence-corrected chi connectivity index (χ3v) is 6.04. The SMILES string of the molecule is COc1ccc(NC(=O)C2CC(=O)Nc3nc(SCc4ccc(C)cc4)[nH]c(=O)c32)cc1. The molecule has 0 spiro atoms. The number of rotatable bonds is 6. The Morgan fingerprint density at radius 2 is 1.88 bits per heavy atom. The van der Waals surface area contributed by atoms with E-state index in [4.69, 9.17) is 4.74 Å². The van der Waals surface area contributed by atoms with Gasteiger partial charge in [0.2, 0.25) is 11.8 Å². The predicted molar refractivity (Wildman–Crippen MR) is 123 cm³/mol. The van der Waals surface area contributed by atoms with Gasteiger partial charge in [0.15, 0.2) is 5.16 Å². The number of amides is 2. The molecule has 3 N–H and O–H groups in total. The van der Waals surface area contributed by atoms with E-state index in [1.165, 1.54) is 17.3 Å². The molecule has 2 heterocycles. The zero-order chi connectivity index (χ0) is 22.7. The summed E-state index contributed by atoms with van der Waals surface area (Å²) in [4.78, 5) is 45.1. The lowest BCUT2D eigenvalue weighted by molar-refractivity contribution is -0.123. The van der Waals surface area contributed by atoms with E-state index in [1.54, 1.807) is 31.4 Å². The number of H-pyrrole nitrogens is 1. The number of hydrogen-bond acceptors (Lipinski definition) is 6. The molecule has 1 aliphatic rings. The van der Waals surface area contributed by atoms with Gasteiger partial charge in [-0.25, -0.2) is 4.98 Å². The molecule has 164 valence electrons. The number of carbonyl (C=O) groups excluding carboxylic acids is 2. The highest BCUT2D eigenvalue weighted by atomic mass is 32.2. The third-order valence-electron chi connectivity index (χ3n) is 5.10. The van der Waals surface area contributed by atoms with Crippen LogP contribution >= 0.6 is 11.8 Å². The topological polar surface area (TPSA) is 113 Å². The van der Waals surface area contributed by atoms with Gasteiger partial charge in [-0.05, 0) is 36.8 Å². The maximum Gasteiger partial charge on any atom is 0.257 e. The summed E-state index contributed by atoms with van der Waals surface area (Å²) >= 11 is 1.35. The molecule has 9 heteroatoms. The first-order valence-electron chi connectivity index (χ1n) is 10.0. The van der Waals surface area contributed by atoms with Gasteiger partial charge < -0.3 is 20.4 Å². The van der Waals surface area contributed by atoms with Crippen LogP contribution in [0.1, 0.15) is 29.0 Å². The van der Waals surface area contributed by atoms with E-state index in [0.29, 0.717) is 22.3 Å². The Hall–Kier alpha value is -3.59. The number of benzene rings is 2. The van der Waals surface area contributed by atoms with E-state index in [1.807, 2.05) is 31.2 Å². The number of fused-ring (bicyclic) bond motifs is 1. The van der Waals surface area contributed by atoms with Gasteiger partial charge in [-0.2, -0.15) is 0 Å². The van der Waals surface area contributed by atoms with Crippen LogP contribution in [0.5, 0.6) is 5.75 Å². The minimum atomic E-state index is -0.937. The lowest BCUT2D eigenvalue weighted by Crippen LogP contribution is -2.36. The molecule has 0 radical (unpaired) electrons. The van der Waals surface area contributed by atoms with E-state index in [-0.39, 0.29) is 23.7 Å². The summed E-state index contributed by atoms with van der Waals surface area (Å²) in [5.74, 6) is -0.350. The molecule has 0 saturated carbocycles. The third kappa shape index (κ3) is 4.83. The lowest BCUT2D eigenvalue weighted by atomic mass is 9.92. The van der Waals surface area contributed by atoms with E-state index in [2.05, 4.69) is 20.6 Å². The monoisotopic (exact) mass is 450 g/mol. The highest BCUT2D eigenvalue weighted by Gasteiger charge is 2.34. The Morgan fingerprint density at radius 1 is 1.16 bits per heavy atom. The Balaban J connectivity index is 1.54. The second-order valence-electron chi connectivity index (χ2n) is 7.43. The summed E-state index contributed by atoms with van der Waals surface area (Å²) in [7, 11) is 1.55. The Kier molecular flexibility index (Phi) is 6.27. The van der Waals surface area contributed by atoms with Gasteiger partial charge in [-0.1, -0.05) is 41.6 Å². The number of methoxy groups -OCH3 is 1. The average Bonchev–Trinajstić information content (AvgIpc) is 2.78. The lowest BCUT2D eigenvalue weighted by Gasteiger charge is -2.23. The molecule has 2 aromatic carbocycles. The van der Waals surface area contributed by atoms with E-state index < -0.39 is 17.4 Å². The van der Waals surface area contributed by atoms with Crippen LogP contribution < -0.4 is 20.9 Å². The summed E-state index contributed by atoms with van der Waals surface area (Å²) in [5.41, 5.74) is 2.52. The number of aromatic amines is 1. The summed E-state index contributed by atoms with van der Waals surface area (Å²) in [6, 6.07) is 14.9. The molecule has 1 aliphatic heterocycles. The fourth-order valence-electron chi connectivity index (χ4n) is 3.38. The van der Waals surface area contributed by atoms with Gasteiger partial charge in [0.25, 0.3) is 5.56 Å². The number of hydrogen-bond donors (Lipinski definition) is 3. The van der Waals surface area contributed by atoms with Gasteiger partial charge in [-0.3, -0.25) is 14.4 Å². The van der Waals surface area contributed by atoms with Crippen LogP contribution in [-0.2, 0) is 15.3 Å². The number of aromatic nitrogens is 2. The van der Waals surface area contributed by atoms with Crippen LogP contribution in [-0.4, -0.2) is 28.9 Å². The van der Waals surface area contributed by atoms with Gasteiger partial charge in [-0.15, -0.1) is 0 Å². The predicted octanol–water partition coefficient (Wildman–Crippen LogP) is 3.44. The van der Waals surface area contributed by atoms with Crippen molar-refractivity contribution in [3.63, 3.8) is 0 Å². The molecule has 0 aliphatic carbocycles. The molecule has 1 aromatic heterocycles. The van der Waals surface area contributed by atoms with Gasteiger partial charge in [0.05, 0.1) is 18.6 Å². The quantitative estimate of drug-likeness (QED) is 0.392. The molecule has 0 bridgehead atoms. The number of aryl methyl sites for hydroxylation is 1. The summed E-state index contributed by atoms with van der Waals surface area (Å²) in [6.45, 7) is 2.02. The number of nitrogens with one attached hydrogen (secondary N) is 3. The standard InChI is InChI=1S/C23H22N4O4S/c1-13-3-5-14(6-4-13)12-32-23-26-20-19(22(30)27-23)17(11-18(28)25-20)21(29)24-15-7-9-16(31-2)10-8-15/h3-10,17H,11-12H2,1-2H3,(H,24,29)(H2,25,26,27,28,30). The highest BCUT2D eigenvalue weighted by molar-refractivity contribution is 7.98. The fraction of sp³-hybridized carbons (Fsp3) is 0.217. The van der Waals surface area contributed by atoms with Crippen molar-refractivity contribution < 1.29 is 14.3 Å². The molecule has 4 rings (SSSR count). The molecule has 3 aromatic rings. The number of carbonyl (C=O) groups is 2. The first kappa shape index (κ1) is 21.6. The first-order chi connectivity index (χ1) is 15.4. The molecule has 2 amide bonds. The zero-order valence-corrected chi connectivity index (χ0v) is 18.4. The molecule has 0 saturated heterocycles. The van der Waals surface area contributed by atoms with Crippen LogP contribution in [0.2, 0.25) is 0 Å². The molecule has 1 atom stereocenters.